The summed E-state index contributed by atoms with van der Waals surface area (Å²) >= 11 is 0. The quantitative estimate of drug-likeness (QED) is 0.482. The summed E-state index contributed by atoms with van der Waals surface area (Å²) in [6.07, 6.45) is -4.55. The molecule has 0 fully saturated rings. The zero-order valence-corrected chi connectivity index (χ0v) is 17.2. The van der Waals surface area contributed by atoms with Crippen molar-refractivity contribution in [2.75, 3.05) is 7.11 Å². The van der Waals surface area contributed by atoms with E-state index >= 15 is 0 Å². The monoisotopic (exact) mass is 392 g/mol. The Balaban J connectivity index is 3.26. The van der Waals surface area contributed by atoms with Gasteiger partial charge in [-0.3, -0.25) is 0 Å². The minimum atomic E-state index is -4.81. The van der Waals surface area contributed by atoms with Crippen LogP contribution in [-0.4, -0.2) is 32.1 Å². The topological polar surface area (TPSA) is 29.5 Å². The molecular weight excluding hydrogens is 364 g/mol. The number of rotatable bonds is 7. The predicted molar refractivity (Wildman–Crippen MR) is 98.7 cm³/mol. The van der Waals surface area contributed by atoms with Gasteiger partial charge in [0.1, 0.15) is 11.6 Å². The fraction of sp³-hybridized carbons (Fsp3) is 0.579. The number of hydrogen-bond donors (Lipinski definition) is 1. The molecule has 0 spiro atoms. The van der Waals surface area contributed by atoms with Crippen molar-refractivity contribution in [1.82, 2.24) is 0 Å². The molecule has 0 bridgehead atoms. The van der Waals surface area contributed by atoms with Crippen LogP contribution in [0.1, 0.15) is 32.3 Å². The third kappa shape index (κ3) is 5.84. The van der Waals surface area contributed by atoms with Crippen LogP contribution < -0.4 is 4.74 Å². The molecule has 0 aliphatic carbocycles. The van der Waals surface area contributed by atoms with Gasteiger partial charge in [-0.25, -0.2) is 4.39 Å². The summed E-state index contributed by atoms with van der Waals surface area (Å²) in [7, 11) is -0.315. The second-order valence-corrected chi connectivity index (χ2v) is 13.5. The van der Waals surface area contributed by atoms with Gasteiger partial charge in [-0.05, 0) is 30.0 Å². The van der Waals surface area contributed by atoms with E-state index in [0.29, 0.717) is 5.75 Å². The van der Waals surface area contributed by atoms with Gasteiger partial charge in [0.05, 0.1) is 15.2 Å². The van der Waals surface area contributed by atoms with Gasteiger partial charge in [0, 0.05) is 12.0 Å². The maximum Gasteiger partial charge on any atom is 0.417 e. The van der Waals surface area contributed by atoms with Gasteiger partial charge in [-0.2, -0.15) is 13.2 Å². The number of hydrogen-bond acceptors (Lipinski definition) is 2. The third-order valence-electron chi connectivity index (χ3n) is 4.23. The predicted octanol–water partition coefficient (Wildman–Crippen LogP) is 5.62. The molecule has 1 atom stereocenters. The van der Waals surface area contributed by atoms with Gasteiger partial charge in [0.15, 0.2) is 5.60 Å². The minimum Gasteiger partial charge on any atom is -0.496 e. The molecule has 7 heteroatoms. The van der Waals surface area contributed by atoms with Gasteiger partial charge in [-0.15, -0.1) is 0 Å². The molecule has 0 aliphatic rings. The largest absolute Gasteiger partial charge is 0.496 e. The molecule has 0 saturated carbocycles. The Morgan fingerprint density at radius 1 is 1.15 bits per heavy atom. The van der Waals surface area contributed by atoms with Crippen molar-refractivity contribution in [1.29, 1.82) is 0 Å². The van der Waals surface area contributed by atoms with Gasteiger partial charge in [0.2, 0.25) is 0 Å². The van der Waals surface area contributed by atoms with Crippen LogP contribution in [0.4, 0.5) is 17.6 Å². The molecular formula is C19H28F4O2Si. The maximum absolute atomic E-state index is 13.7. The zero-order chi connectivity index (χ0) is 20.4. The lowest BCUT2D eigenvalue weighted by Crippen LogP contribution is -2.49. The number of ether oxygens (including phenoxy) is 1. The van der Waals surface area contributed by atoms with Gasteiger partial charge in [0.25, 0.3) is 0 Å². The molecule has 2 nitrogen and oxygen atoms in total. The Morgan fingerprint density at radius 2 is 1.73 bits per heavy atom. The Morgan fingerprint density at radius 3 is 2.19 bits per heavy atom. The average molecular weight is 393 g/mol. The smallest absolute Gasteiger partial charge is 0.417 e. The summed E-state index contributed by atoms with van der Waals surface area (Å²) in [4.78, 5) is 0. The average Bonchev–Trinajstić information content (AvgIpc) is 2.44. The van der Waals surface area contributed by atoms with Crippen LogP contribution in [0.15, 0.2) is 30.0 Å². The van der Waals surface area contributed by atoms with E-state index in [-0.39, 0.29) is 5.56 Å². The number of halogens is 4. The zero-order valence-electron chi connectivity index (χ0n) is 16.2. The first-order valence-corrected chi connectivity index (χ1v) is 12.0. The van der Waals surface area contributed by atoms with Crippen molar-refractivity contribution >= 4 is 8.07 Å². The Kier molecular flexibility index (Phi) is 6.74. The second kappa shape index (κ2) is 7.72. The third-order valence-corrected chi connectivity index (χ3v) is 5.46. The molecule has 0 aromatic heterocycles. The summed E-state index contributed by atoms with van der Waals surface area (Å²) in [6.45, 7) is 9.08. The van der Waals surface area contributed by atoms with Crippen LogP contribution in [-0.2, 0) is 5.41 Å². The lowest BCUT2D eigenvalue weighted by molar-refractivity contribution is -0.265. The van der Waals surface area contributed by atoms with Gasteiger partial charge in [-0.1, -0.05) is 45.3 Å². The first-order valence-electron chi connectivity index (χ1n) is 8.42. The van der Waals surface area contributed by atoms with Crippen LogP contribution >= 0.6 is 0 Å². The summed E-state index contributed by atoms with van der Waals surface area (Å²) in [5.74, 6) is -0.276. The van der Waals surface area contributed by atoms with Crippen molar-refractivity contribution in [2.45, 2.75) is 63.5 Å². The number of benzene rings is 1. The van der Waals surface area contributed by atoms with Crippen LogP contribution in [0.2, 0.25) is 19.6 Å². The molecule has 0 aliphatic heterocycles. The van der Waals surface area contributed by atoms with Crippen LogP contribution in [0, 0.1) is 5.82 Å². The van der Waals surface area contributed by atoms with Crippen LogP contribution in [0.5, 0.6) is 5.75 Å². The molecule has 1 aromatic rings. The molecule has 1 aromatic carbocycles. The van der Waals surface area contributed by atoms with Crippen molar-refractivity contribution in [3.05, 3.63) is 41.4 Å². The Bertz CT molecular complexity index is 648. The SMILES string of the molecule is COc1ccc(F)cc1C(C)(C)CC(O)(C/C=C/[Si](C)(C)C)C(F)(F)F. The molecule has 0 saturated heterocycles. The highest BCUT2D eigenvalue weighted by Crippen LogP contribution is 2.45. The first-order chi connectivity index (χ1) is 11.6. The van der Waals surface area contributed by atoms with E-state index in [9.17, 15) is 22.7 Å². The normalized spacial score (nSPS) is 16.0. The summed E-state index contributed by atoms with van der Waals surface area (Å²) in [5.41, 5.74) is -2.01. The first kappa shape index (κ1) is 22.7. The van der Waals surface area contributed by atoms with E-state index in [1.54, 1.807) is 19.5 Å². The van der Waals surface area contributed by atoms with Crippen molar-refractivity contribution < 1.29 is 27.4 Å². The molecule has 0 amide bonds. The van der Waals surface area contributed by atoms with Crippen molar-refractivity contribution in [3.63, 3.8) is 0 Å². The lowest BCUT2D eigenvalue weighted by Gasteiger charge is -2.38. The Labute approximate surface area is 153 Å². The van der Waals surface area contributed by atoms with E-state index in [1.807, 2.05) is 19.6 Å². The molecule has 1 N–H and O–H groups in total. The Hall–Kier alpha value is -1.34. The standard InChI is InChI=1S/C19H28F4O2Si/c1-17(2,15-12-14(20)8-9-16(15)25-3)13-18(24,19(21,22)23)10-7-11-26(4,5)6/h7-9,11-12,24H,10,13H2,1-6H3/b11-7+. The number of aliphatic hydroxyl groups is 1. The molecule has 1 rings (SSSR count). The molecule has 0 heterocycles. The van der Waals surface area contributed by atoms with E-state index < -0.39 is 43.9 Å². The minimum absolute atomic E-state index is 0.289. The molecule has 0 radical (unpaired) electrons. The highest BCUT2D eigenvalue weighted by atomic mass is 28.3. The van der Waals surface area contributed by atoms with E-state index in [4.69, 9.17) is 4.74 Å². The number of alkyl halides is 3. The summed E-state index contributed by atoms with van der Waals surface area (Å²) < 4.78 is 59.8. The fourth-order valence-corrected chi connectivity index (χ4v) is 3.76. The van der Waals surface area contributed by atoms with E-state index in [2.05, 4.69) is 0 Å². The van der Waals surface area contributed by atoms with Crippen molar-refractivity contribution in [2.24, 2.45) is 0 Å². The van der Waals surface area contributed by atoms with E-state index in [1.165, 1.54) is 25.3 Å². The maximum atomic E-state index is 13.7. The van der Waals surface area contributed by atoms with Crippen LogP contribution in [0.25, 0.3) is 0 Å². The fourth-order valence-electron chi connectivity index (χ4n) is 2.93. The van der Waals surface area contributed by atoms with Crippen LogP contribution in [0.3, 0.4) is 0 Å². The molecule has 1 unspecified atom stereocenters. The molecule has 26 heavy (non-hydrogen) atoms. The van der Waals surface area contributed by atoms with Gasteiger partial charge >= 0.3 is 6.18 Å². The number of methoxy groups -OCH3 is 1. The second-order valence-electron chi connectivity index (χ2n) is 8.41. The van der Waals surface area contributed by atoms with Crippen molar-refractivity contribution in [3.8, 4) is 5.75 Å². The van der Waals surface area contributed by atoms with Gasteiger partial charge < -0.3 is 9.84 Å². The molecule has 148 valence electrons. The lowest BCUT2D eigenvalue weighted by atomic mass is 9.73. The summed E-state index contributed by atoms with van der Waals surface area (Å²) in [5, 5.41) is 10.5. The highest BCUT2D eigenvalue weighted by Gasteiger charge is 2.55. The highest BCUT2D eigenvalue weighted by molar-refractivity contribution is 6.80. The summed E-state index contributed by atoms with van der Waals surface area (Å²) in [6, 6.07) is 3.72. The van der Waals surface area contributed by atoms with E-state index in [0.717, 1.165) is 6.07 Å².